The number of aliphatic carboxylic acids is 1. The van der Waals surface area contributed by atoms with Gasteiger partial charge >= 0.3 is 12.0 Å². The van der Waals surface area contributed by atoms with Crippen molar-refractivity contribution < 1.29 is 14.7 Å². The molecule has 2 amide bonds. The van der Waals surface area contributed by atoms with Crippen LogP contribution in [-0.4, -0.2) is 29.2 Å². The van der Waals surface area contributed by atoms with E-state index in [9.17, 15) is 9.59 Å². The lowest BCUT2D eigenvalue weighted by atomic mass is 9.88. The summed E-state index contributed by atoms with van der Waals surface area (Å²) in [5.74, 6) is -1.34. The minimum atomic E-state index is -0.848. The third-order valence-corrected chi connectivity index (χ3v) is 3.36. The van der Waals surface area contributed by atoms with Crippen LogP contribution in [0, 0.1) is 11.3 Å². The highest BCUT2D eigenvalue weighted by Gasteiger charge is 2.27. The first-order chi connectivity index (χ1) is 8.20. The largest absolute Gasteiger partial charge is 0.481 e. The molecule has 0 aromatic carbocycles. The maximum Gasteiger partial charge on any atom is 0.315 e. The van der Waals surface area contributed by atoms with Crippen molar-refractivity contribution in [3.63, 3.8) is 0 Å². The molecule has 3 N–H and O–H groups in total. The summed E-state index contributed by atoms with van der Waals surface area (Å²) in [6.45, 7) is 8.10. The summed E-state index contributed by atoms with van der Waals surface area (Å²) < 4.78 is 0. The molecule has 102 valence electrons. The third kappa shape index (κ3) is 4.05. The maximum atomic E-state index is 11.7. The highest BCUT2D eigenvalue weighted by Crippen LogP contribution is 2.19. The molecule has 5 heteroatoms. The lowest BCUT2D eigenvalue weighted by Gasteiger charge is -2.28. The Hall–Kier alpha value is -1.52. The van der Waals surface area contributed by atoms with Crippen molar-refractivity contribution in [2.24, 2.45) is 11.3 Å². The van der Waals surface area contributed by atoms with Crippen molar-refractivity contribution >= 4 is 12.0 Å². The van der Waals surface area contributed by atoms with Crippen molar-refractivity contribution in [3.05, 3.63) is 12.2 Å². The lowest BCUT2D eigenvalue weighted by Crippen LogP contribution is -2.48. The minimum absolute atomic E-state index is 0.00749. The second-order valence-corrected chi connectivity index (χ2v) is 5.88. The van der Waals surface area contributed by atoms with E-state index in [0.29, 0.717) is 6.42 Å². The number of hydrogen-bond acceptors (Lipinski definition) is 2. The zero-order valence-corrected chi connectivity index (χ0v) is 11.4. The molecule has 0 aromatic heterocycles. The van der Waals surface area contributed by atoms with E-state index < -0.39 is 11.9 Å². The average molecular weight is 254 g/mol. The Morgan fingerprint density at radius 3 is 2.39 bits per heavy atom. The third-order valence-electron chi connectivity index (χ3n) is 3.36. The van der Waals surface area contributed by atoms with Crippen molar-refractivity contribution in [2.45, 2.75) is 46.2 Å². The van der Waals surface area contributed by atoms with Crippen LogP contribution in [-0.2, 0) is 4.79 Å². The van der Waals surface area contributed by atoms with Gasteiger partial charge in [0.05, 0.1) is 12.0 Å². The van der Waals surface area contributed by atoms with E-state index in [1.165, 1.54) is 0 Å². The molecule has 0 fully saturated rings. The number of carbonyl (C=O) groups is 2. The molecule has 18 heavy (non-hydrogen) atoms. The normalized spacial score (nSPS) is 24.7. The number of rotatable bonds is 3. The van der Waals surface area contributed by atoms with Gasteiger partial charge in [-0.15, -0.1) is 0 Å². The molecular weight excluding hydrogens is 232 g/mol. The first-order valence-corrected chi connectivity index (χ1v) is 6.18. The van der Waals surface area contributed by atoms with E-state index >= 15 is 0 Å². The van der Waals surface area contributed by atoms with Gasteiger partial charge in [0.15, 0.2) is 0 Å². The molecule has 5 nitrogen and oxygen atoms in total. The van der Waals surface area contributed by atoms with Gasteiger partial charge in [-0.1, -0.05) is 32.9 Å². The van der Waals surface area contributed by atoms with Gasteiger partial charge < -0.3 is 15.7 Å². The van der Waals surface area contributed by atoms with Gasteiger partial charge in [0.1, 0.15) is 0 Å². The molecule has 0 saturated heterocycles. The second kappa shape index (κ2) is 5.42. The number of urea groups is 1. The first kappa shape index (κ1) is 14.5. The highest BCUT2D eigenvalue weighted by atomic mass is 16.4. The van der Waals surface area contributed by atoms with Crippen LogP contribution in [0.1, 0.15) is 34.1 Å². The van der Waals surface area contributed by atoms with Gasteiger partial charge in [-0.05, 0) is 18.8 Å². The van der Waals surface area contributed by atoms with Crippen LogP contribution in [0.3, 0.4) is 0 Å². The molecule has 0 spiro atoms. The Morgan fingerprint density at radius 2 is 1.94 bits per heavy atom. The summed E-state index contributed by atoms with van der Waals surface area (Å²) in [6.07, 6.45) is 3.78. The number of carbonyl (C=O) groups excluding carboxylic acids is 1. The summed E-state index contributed by atoms with van der Waals surface area (Å²) in [4.78, 5) is 22.5. The van der Waals surface area contributed by atoms with Crippen molar-refractivity contribution in [3.8, 4) is 0 Å². The molecule has 0 saturated carbocycles. The number of carboxylic acids is 1. The molecule has 0 aromatic rings. The lowest BCUT2D eigenvalue weighted by molar-refractivity contribution is -0.140. The van der Waals surface area contributed by atoms with Gasteiger partial charge in [-0.3, -0.25) is 4.79 Å². The Balaban J connectivity index is 2.39. The van der Waals surface area contributed by atoms with Crippen LogP contribution in [0.2, 0.25) is 0 Å². The SMILES string of the molecule is CC(NC(=O)NC1C=CC(C(=O)O)C1)C(C)(C)C. The predicted octanol–water partition coefficient (Wildman–Crippen LogP) is 1.75. The van der Waals surface area contributed by atoms with Gasteiger partial charge in [-0.25, -0.2) is 4.79 Å². The summed E-state index contributed by atoms with van der Waals surface area (Å²) >= 11 is 0. The standard InChI is InChI=1S/C13H22N2O3/c1-8(13(2,3)4)14-12(18)15-10-6-5-9(7-10)11(16)17/h5-6,8-10H,7H2,1-4H3,(H,16,17)(H2,14,15,18). The smallest absolute Gasteiger partial charge is 0.315 e. The monoisotopic (exact) mass is 254 g/mol. The highest BCUT2D eigenvalue weighted by molar-refractivity contribution is 5.76. The molecule has 0 bridgehead atoms. The predicted molar refractivity (Wildman–Crippen MR) is 69.3 cm³/mol. The fourth-order valence-corrected chi connectivity index (χ4v) is 1.61. The van der Waals surface area contributed by atoms with Crippen molar-refractivity contribution in [1.29, 1.82) is 0 Å². The van der Waals surface area contributed by atoms with E-state index in [2.05, 4.69) is 10.6 Å². The zero-order chi connectivity index (χ0) is 13.9. The zero-order valence-electron chi connectivity index (χ0n) is 11.4. The van der Waals surface area contributed by atoms with Gasteiger partial charge in [0.2, 0.25) is 0 Å². The summed E-state index contributed by atoms with van der Waals surface area (Å²) in [6, 6.07) is -0.408. The molecule has 3 unspecified atom stereocenters. The van der Waals surface area contributed by atoms with Gasteiger partial charge in [-0.2, -0.15) is 0 Å². The van der Waals surface area contributed by atoms with E-state index in [1.807, 2.05) is 27.7 Å². The van der Waals surface area contributed by atoms with Crippen LogP contribution in [0.25, 0.3) is 0 Å². The Labute approximate surface area is 108 Å². The van der Waals surface area contributed by atoms with Crippen LogP contribution in [0.5, 0.6) is 0 Å². The first-order valence-electron chi connectivity index (χ1n) is 6.18. The van der Waals surface area contributed by atoms with Crippen LogP contribution < -0.4 is 10.6 Å². The second-order valence-electron chi connectivity index (χ2n) is 5.88. The number of carboxylic acid groups (broad SMARTS) is 1. The Kier molecular flexibility index (Phi) is 4.38. The Bertz CT molecular complexity index is 358. The average Bonchev–Trinajstić information content (AvgIpc) is 2.64. The fraction of sp³-hybridized carbons (Fsp3) is 0.692. The quantitative estimate of drug-likeness (QED) is 0.671. The minimum Gasteiger partial charge on any atom is -0.481 e. The van der Waals surface area contributed by atoms with E-state index in [-0.39, 0.29) is 23.5 Å². The summed E-state index contributed by atoms with van der Waals surface area (Å²) in [7, 11) is 0. The van der Waals surface area contributed by atoms with E-state index in [1.54, 1.807) is 12.2 Å². The summed E-state index contributed by atoms with van der Waals surface area (Å²) in [5, 5.41) is 14.5. The molecule has 0 radical (unpaired) electrons. The van der Waals surface area contributed by atoms with Gasteiger partial charge in [0, 0.05) is 6.04 Å². The Morgan fingerprint density at radius 1 is 1.33 bits per heavy atom. The van der Waals surface area contributed by atoms with E-state index in [4.69, 9.17) is 5.11 Å². The summed E-state index contributed by atoms with van der Waals surface area (Å²) in [5.41, 5.74) is -0.00749. The molecule has 3 atom stereocenters. The molecule has 0 aliphatic heterocycles. The maximum absolute atomic E-state index is 11.7. The molecular formula is C13H22N2O3. The fourth-order valence-electron chi connectivity index (χ4n) is 1.61. The molecule has 1 rings (SSSR count). The van der Waals surface area contributed by atoms with Crippen molar-refractivity contribution in [2.75, 3.05) is 0 Å². The molecule has 1 aliphatic rings. The van der Waals surface area contributed by atoms with Gasteiger partial charge in [0.25, 0.3) is 0 Å². The molecule has 1 aliphatic carbocycles. The van der Waals surface area contributed by atoms with Crippen LogP contribution in [0.15, 0.2) is 12.2 Å². The van der Waals surface area contributed by atoms with E-state index in [0.717, 1.165) is 0 Å². The number of amides is 2. The van der Waals surface area contributed by atoms with Crippen LogP contribution >= 0.6 is 0 Å². The van der Waals surface area contributed by atoms with Crippen molar-refractivity contribution in [1.82, 2.24) is 10.6 Å². The number of nitrogens with one attached hydrogen (secondary N) is 2. The van der Waals surface area contributed by atoms with Crippen LogP contribution in [0.4, 0.5) is 4.79 Å². The number of hydrogen-bond donors (Lipinski definition) is 3. The topological polar surface area (TPSA) is 78.4 Å². The molecule has 0 heterocycles.